The second kappa shape index (κ2) is 4.66. The average molecular weight is 347 g/mol. The highest BCUT2D eigenvalue weighted by Crippen LogP contribution is 2.32. The molecule has 0 unspecified atom stereocenters. The Morgan fingerprint density at radius 3 is 2.29 bits per heavy atom. The zero-order valence-corrected chi connectivity index (χ0v) is 11.6. The van der Waals surface area contributed by atoms with Crippen molar-refractivity contribution < 1.29 is 9.47 Å². The lowest BCUT2D eigenvalue weighted by Crippen LogP contribution is -2.45. The molecule has 3 heterocycles. The molecule has 1 aromatic heterocycles. The molecule has 0 saturated carbocycles. The Kier molecular flexibility index (Phi) is 3.18. The van der Waals surface area contributed by atoms with E-state index in [9.17, 15) is 0 Å². The van der Waals surface area contributed by atoms with Crippen molar-refractivity contribution in [3.63, 3.8) is 0 Å². The Hall–Kier alpha value is -0.470. The van der Waals surface area contributed by atoms with Gasteiger partial charge in [0.15, 0.2) is 5.79 Å². The van der Waals surface area contributed by atoms with Crippen LogP contribution < -0.4 is 4.90 Å². The van der Waals surface area contributed by atoms with E-state index in [0.29, 0.717) is 0 Å². The number of anilines is 1. The molecule has 6 heteroatoms. The number of halogens is 1. The molecule has 3 rings (SSSR count). The molecule has 0 N–H and O–H groups in total. The highest BCUT2D eigenvalue weighted by Gasteiger charge is 2.40. The molecule has 0 aliphatic carbocycles. The minimum absolute atomic E-state index is 0.320. The van der Waals surface area contributed by atoms with Crippen molar-refractivity contribution >= 4 is 28.5 Å². The first-order valence-corrected chi connectivity index (χ1v) is 6.86. The summed E-state index contributed by atoms with van der Waals surface area (Å²) in [6.45, 7) is 3.22. The van der Waals surface area contributed by atoms with E-state index in [4.69, 9.17) is 9.47 Å². The summed E-state index contributed by atoms with van der Waals surface area (Å²) in [5.74, 6) is 0.484. The lowest BCUT2D eigenvalue weighted by molar-refractivity contribution is -0.169. The van der Waals surface area contributed by atoms with Gasteiger partial charge in [-0.1, -0.05) is 0 Å². The van der Waals surface area contributed by atoms with Gasteiger partial charge in [-0.25, -0.2) is 9.97 Å². The zero-order valence-electron chi connectivity index (χ0n) is 9.43. The van der Waals surface area contributed by atoms with Gasteiger partial charge in [-0.15, -0.1) is 0 Å². The van der Waals surface area contributed by atoms with Crippen LogP contribution in [-0.2, 0) is 9.47 Å². The SMILES string of the molecule is Ic1cnc(N2CCC3(CC2)OCCO3)nc1. The zero-order chi connectivity index (χ0) is 11.7. The molecule has 5 nitrogen and oxygen atoms in total. The Balaban J connectivity index is 1.66. The largest absolute Gasteiger partial charge is 0.347 e. The van der Waals surface area contributed by atoms with Crippen LogP contribution in [0.1, 0.15) is 12.8 Å². The molecule has 92 valence electrons. The number of aromatic nitrogens is 2. The quantitative estimate of drug-likeness (QED) is 0.720. The fourth-order valence-electron chi connectivity index (χ4n) is 2.30. The molecule has 0 aromatic carbocycles. The molecule has 2 fully saturated rings. The predicted octanol–water partition coefficient (Wildman–Crippen LogP) is 1.42. The highest BCUT2D eigenvalue weighted by molar-refractivity contribution is 14.1. The topological polar surface area (TPSA) is 47.5 Å². The second-order valence-corrected chi connectivity index (χ2v) is 5.54. The number of hydrogen-bond acceptors (Lipinski definition) is 5. The number of hydrogen-bond donors (Lipinski definition) is 0. The summed E-state index contributed by atoms with van der Waals surface area (Å²) < 4.78 is 12.4. The van der Waals surface area contributed by atoms with Crippen molar-refractivity contribution in [2.24, 2.45) is 0 Å². The van der Waals surface area contributed by atoms with Crippen molar-refractivity contribution in [3.8, 4) is 0 Å². The van der Waals surface area contributed by atoms with Crippen LogP contribution >= 0.6 is 22.6 Å². The van der Waals surface area contributed by atoms with E-state index in [2.05, 4.69) is 37.5 Å². The summed E-state index contributed by atoms with van der Waals surface area (Å²) >= 11 is 2.21. The Bertz CT molecular complexity index is 382. The van der Waals surface area contributed by atoms with Gasteiger partial charge in [-0.05, 0) is 22.6 Å². The molecular formula is C11H14IN3O2. The maximum Gasteiger partial charge on any atom is 0.225 e. The molecule has 1 aromatic rings. The summed E-state index contributed by atoms with van der Waals surface area (Å²) in [6.07, 6.45) is 5.47. The number of ether oxygens (including phenoxy) is 2. The van der Waals surface area contributed by atoms with E-state index < -0.39 is 0 Å². The van der Waals surface area contributed by atoms with Crippen LogP contribution in [0.5, 0.6) is 0 Å². The molecule has 2 aliphatic heterocycles. The predicted molar refractivity (Wildman–Crippen MR) is 70.8 cm³/mol. The summed E-state index contributed by atoms with van der Waals surface area (Å²) in [7, 11) is 0. The first-order valence-electron chi connectivity index (χ1n) is 5.78. The van der Waals surface area contributed by atoms with Gasteiger partial charge in [0.2, 0.25) is 5.95 Å². The first kappa shape index (κ1) is 11.6. The smallest absolute Gasteiger partial charge is 0.225 e. The Labute approximate surface area is 114 Å². The van der Waals surface area contributed by atoms with Crippen molar-refractivity contribution in [1.82, 2.24) is 9.97 Å². The van der Waals surface area contributed by atoms with E-state index in [1.165, 1.54) is 0 Å². The van der Waals surface area contributed by atoms with Gasteiger partial charge in [-0.2, -0.15) is 0 Å². The lowest BCUT2D eigenvalue weighted by Gasteiger charge is -2.37. The molecule has 0 atom stereocenters. The summed E-state index contributed by atoms with van der Waals surface area (Å²) in [4.78, 5) is 10.9. The third-order valence-electron chi connectivity index (χ3n) is 3.23. The minimum atomic E-state index is -0.320. The summed E-state index contributed by atoms with van der Waals surface area (Å²) in [6, 6.07) is 0. The van der Waals surface area contributed by atoms with E-state index in [1.54, 1.807) is 0 Å². The third kappa shape index (κ3) is 2.38. The van der Waals surface area contributed by atoms with Crippen LogP contribution in [0.15, 0.2) is 12.4 Å². The van der Waals surface area contributed by atoms with E-state index in [0.717, 1.165) is 48.7 Å². The second-order valence-electron chi connectivity index (χ2n) is 4.30. The van der Waals surface area contributed by atoms with Crippen LogP contribution in [0.2, 0.25) is 0 Å². The Morgan fingerprint density at radius 2 is 1.71 bits per heavy atom. The lowest BCUT2D eigenvalue weighted by atomic mass is 10.0. The standard InChI is InChI=1S/C11H14IN3O2/c12-9-7-13-10(14-8-9)15-3-1-11(2-4-15)16-5-6-17-11/h7-8H,1-6H2. The van der Waals surface area contributed by atoms with Crippen molar-refractivity contribution in [2.45, 2.75) is 18.6 Å². The average Bonchev–Trinajstić information content (AvgIpc) is 2.80. The van der Waals surface area contributed by atoms with E-state index in [-0.39, 0.29) is 5.79 Å². The van der Waals surface area contributed by atoms with Crippen LogP contribution in [0.4, 0.5) is 5.95 Å². The highest BCUT2D eigenvalue weighted by atomic mass is 127. The van der Waals surface area contributed by atoms with Crippen LogP contribution in [0.25, 0.3) is 0 Å². The summed E-state index contributed by atoms with van der Waals surface area (Å²) in [5.41, 5.74) is 0. The normalized spacial score (nSPS) is 23.2. The molecule has 17 heavy (non-hydrogen) atoms. The van der Waals surface area contributed by atoms with Crippen molar-refractivity contribution in [2.75, 3.05) is 31.2 Å². The molecule has 2 aliphatic rings. The van der Waals surface area contributed by atoms with Crippen LogP contribution in [0.3, 0.4) is 0 Å². The monoisotopic (exact) mass is 347 g/mol. The van der Waals surface area contributed by atoms with Gasteiger partial charge in [0.1, 0.15) is 0 Å². The van der Waals surface area contributed by atoms with Gasteiger partial charge in [0.25, 0.3) is 0 Å². The molecule has 0 bridgehead atoms. The molecule has 1 spiro atoms. The van der Waals surface area contributed by atoms with Crippen molar-refractivity contribution in [3.05, 3.63) is 16.0 Å². The maximum absolute atomic E-state index is 5.69. The van der Waals surface area contributed by atoms with Crippen LogP contribution in [0, 0.1) is 3.57 Å². The molecule has 0 radical (unpaired) electrons. The van der Waals surface area contributed by atoms with Gasteiger partial charge >= 0.3 is 0 Å². The molecule has 0 amide bonds. The number of rotatable bonds is 1. The van der Waals surface area contributed by atoms with Gasteiger partial charge in [0.05, 0.1) is 13.2 Å². The third-order valence-corrected chi connectivity index (χ3v) is 3.79. The maximum atomic E-state index is 5.69. The van der Waals surface area contributed by atoms with Gasteiger partial charge in [0, 0.05) is 41.9 Å². The molecular weight excluding hydrogens is 333 g/mol. The Morgan fingerprint density at radius 1 is 1.12 bits per heavy atom. The van der Waals surface area contributed by atoms with E-state index in [1.807, 2.05) is 12.4 Å². The first-order chi connectivity index (χ1) is 8.27. The van der Waals surface area contributed by atoms with E-state index >= 15 is 0 Å². The number of nitrogens with zero attached hydrogens (tertiary/aromatic N) is 3. The molecule has 2 saturated heterocycles. The minimum Gasteiger partial charge on any atom is -0.347 e. The van der Waals surface area contributed by atoms with Gasteiger partial charge < -0.3 is 14.4 Å². The number of piperidine rings is 1. The fraction of sp³-hybridized carbons (Fsp3) is 0.636. The van der Waals surface area contributed by atoms with Gasteiger partial charge in [-0.3, -0.25) is 0 Å². The van der Waals surface area contributed by atoms with Crippen molar-refractivity contribution in [1.29, 1.82) is 0 Å². The fourth-order valence-corrected chi connectivity index (χ4v) is 2.58. The van der Waals surface area contributed by atoms with Crippen LogP contribution in [-0.4, -0.2) is 42.1 Å². The summed E-state index contributed by atoms with van der Waals surface area (Å²) in [5, 5.41) is 0.